The second-order valence-corrected chi connectivity index (χ2v) is 11.4. The van der Waals surface area contributed by atoms with Crippen LogP contribution >= 0.6 is 0 Å². The van der Waals surface area contributed by atoms with E-state index in [0.717, 1.165) is 16.7 Å². The number of amidine groups is 1. The smallest absolute Gasteiger partial charge is 0.339 e. The third-order valence-corrected chi connectivity index (χ3v) is 8.14. The molecule has 9 heteroatoms. The first-order valence-corrected chi connectivity index (χ1v) is 14.6. The molecule has 1 unspecified atom stereocenters. The predicted molar refractivity (Wildman–Crippen MR) is 157 cm³/mol. The molecule has 0 spiro atoms. The Balaban J connectivity index is 1.36. The fraction of sp³-hybridized carbons (Fsp3) is 0.353. The van der Waals surface area contributed by atoms with Gasteiger partial charge in [-0.2, -0.15) is 4.90 Å². The van der Waals surface area contributed by atoms with Gasteiger partial charge in [0.1, 0.15) is 30.8 Å². The van der Waals surface area contributed by atoms with Gasteiger partial charge in [0.25, 0.3) is 0 Å². The van der Waals surface area contributed by atoms with Gasteiger partial charge in [0.05, 0.1) is 6.61 Å². The van der Waals surface area contributed by atoms with Crippen molar-refractivity contribution in [2.45, 2.75) is 56.7 Å². The molecule has 6 rings (SSSR count). The van der Waals surface area contributed by atoms with Crippen LogP contribution in [0.4, 0.5) is 0 Å². The highest BCUT2D eigenvalue weighted by Crippen LogP contribution is 2.43. The van der Waals surface area contributed by atoms with Gasteiger partial charge in [-0.3, -0.25) is 0 Å². The molecule has 0 amide bonds. The summed E-state index contributed by atoms with van der Waals surface area (Å²) in [5.41, 5.74) is 2.19. The molecule has 0 saturated carbocycles. The minimum Gasteiger partial charge on any atom is -0.609 e. The summed E-state index contributed by atoms with van der Waals surface area (Å²) in [6, 6.07) is 30.5. The summed E-state index contributed by atoms with van der Waals surface area (Å²) in [4.78, 5) is 0.546. The first kappa shape index (κ1) is 29.2. The molecule has 9 nitrogen and oxygen atoms in total. The lowest BCUT2D eigenvalue weighted by atomic mass is 9.80. The number of hydrogen-bond donors (Lipinski definition) is 2. The lowest BCUT2D eigenvalue weighted by Crippen LogP contribution is -3.17. The SMILES string of the molecule is CCOC([O-])=C1C(=N)[NH+]([C@@H]2O[C@H](COC(c3ccccc3)(c3ccccc3)c3ccccc3)[C@H]3OC(C)(C)O[C@H]32)C=[N+]1C. The summed E-state index contributed by atoms with van der Waals surface area (Å²) in [5.74, 6) is -1.34. The van der Waals surface area contributed by atoms with Gasteiger partial charge < -0.3 is 28.8 Å². The maximum Gasteiger partial charge on any atom is 0.339 e. The van der Waals surface area contributed by atoms with E-state index in [9.17, 15) is 5.11 Å². The van der Waals surface area contributed by atoms with Crippen LogP contribution in [0, 0.1) is 5.41 Å². The predicted octanol–water partition coefficient (Wildman–Crippen LogP) is 2.35. The maximum absolute atomic E-state index is 12.6. The van der Waals surface area contributed by atoms with E-state index < -0.39 is 41.9 Å². The molecule has 3 aliphatic heterocycles. The highest BCUT2D eigenvalue weighted by Gasteiger charge is 2.62. The Hall–Kier alpha value is -3.86. The zero-order chi connectivity index (χ0) is 30.2. The normalized spacial score (nSPS) is 27.6. The van der Waals surface area contributed by atoms with E-state index in [2.05, 4.69) is 36.4 Å². The van der Waals surface area contributed by atoms with E-state index in [-0.39, 0.29) is 24.7 Å². The van der Waals surface area contributed by atoms with Crippen molar-refractivity contribution < 1.29 is 38.3 Å². The molecule has 5 atom stereocenters. The second kappa shape index (κ2) is 11.7. The Labute approximate surface area is 252 Å². The molecule has 3 aliphatic rings. The average Bonchev–Trinajstić information content (AvgIpc) is 3.61. The Morgan fingerprint density at radius 3 is 1.93 bits per heavy atom. The number of nitrogens with zero attached hydrogens (tertiary/aromatic N) is 1. The fourth-order valence-corrected chi connectivity index (χ4v) is 6.35. The van der Waals surface area contributed by atoms with Crippen LogP contribution in [0.5, 0.6) is 0 Å². The molecule has 2 N–H and O–H groups in total. The van der Waals surface area contributed by atoms with Gasteiger partial charge >= 0.3 is 17.9 Å². The molecule has 0 aromatic heterocycles. The number of quaternary nitrogens is 1. The third kappa shape index (κ3) is 5.28. The number of benzene rings is 3. The Morgan fingerprint density at radius 1 is 0.907 bits per heavy atom. The number of ether oxygens (including phenoxy) is 5. The van der Waals surface area contributed by atoms with Crippen molar-refractivity contribution in [3.8, 4) is 0 Å². The topological polar surface area (TPSA) is 101 Å². The van der Waals surface area contributed by atoms with Crippen LogP contribution in [0.15, 0.2) is 103 Å². The van der Waals surface area contributed by atoms with Gasteiger partial charge in [-0.25, -0.2) is 5.41 Å². The third-order valence-electron chi connectivity index (χ3n) is 8.14. The van der Waals surface area contributed by atoms with Crippen LogP contribution in [0.3, 0.4) is 0 Å². The summed E-state index contributed by atoms with van der Waals surface area (Å²) >= 11 is 0. The second-order valence-electron chi connectivity index (χ2n) is 11.4. The van der Waals surface area contributed by atoms with Gasteiger partial charge in [-0.15, -0.1) is 4.58 Å². The standard InChI is InChI=1S/C34H37N3O6/c1-5-39-32(38)27-30(35)37(22-36(27)4)31-29-28(42-33(2,3)43-29)26(41-31)21-40-34(23-15-9-6-10-16-23,24-17-11-7-12-18-24)25-19-13-8-14-20-25/h6-20,22,26,28-29,31H,5,21H2,1-4H3,(H-,35,38)/p+1/t26-,28-,29-,31-/m1/s1. The molecule has 224 valence electrons. The first-order chi connectivity index (χ1) is 20.7. The van der Waals surface area contributed by atoms with E-state index in [1.165, 1.54) is 0 Å². The van der Waals surface area contributed by atoms with Crippen LogP contribution in [-0.4, -0.2) is 67.3 Å². The average molecular weight is 585 g/mol. The van der Waals surface area contributed by atoms with Crippen LogP contribution in [0.25, 0.3) is 0 Å². The van der Waals surface area contributed by atoms with Gasteiger partial charge in [-0.1, -0.05) is 97.9 Å². The van der Waals surface area contributed by atoms with Crippen molar-refractivity contribution in [3.05, 3.63) is 119 Å². The van der Waals surface area contributed by atoms with Crippen LogP contribution in [0.1, 0.15) is 37.5 Å². The van der Waals surface area contributed by atoms with E-state index >= 15 is 0 Å². The summed E-state index contributed by atoms with van der Waals surface area (Å²) in [6.07, 6.45) is -0.355. The summed E-state index contributed by atoms with van der Waals surface area (Å²) in [7, 11) is 1.73. The Morgan fingerprint density at radius 2 is 1.42 bits per heavy atom. The molecule has 3 aromatic carbocycles. The van der Waals surface area contributed by atoms with Crippen molar-refractivity contribution in [3.63, 3.8) is 0 Å². The molecular formula is C34H38N3O6+. The van der Waals surface area contributed by atoms with E-state index in [1.807, 2.05) is 68.4 Å². The van der Waals surface area contributed by atoms with Crippen LogP contribution < -0.4 is 10.0 Å². The Bertz CT molecular complexity index is 1410. The number of nitrogens with one attached hydrogen (secondary N) is 2. The lowest BCUT2D eigenvalue weighted by molar-refractivity contribution is -0.774. The van der Waals surface area contributed by atoms with Crippen molar-refractivity contribution >= 4 is 12.2 Å². The molecule has 3 heterocycles. The minimum absolute atomic E-state index is 0.0618. The lowest BCUT2D eigenvalue weighted by Gasteiger charge is -2.37. The van der Waals surface area contributed by atoms with E-state index in [4.69, 9.17) is 29.1 Å². The molecular weight excluding hydrogens is 546 g/mol. The molecule has 0 radical (unpaired) electrons. The minimum atomic E-state index is -0.930. The fourth-order valence-electron chi connectivity index (χ4n) is 6.35. The zero-order valence-corrected chi connectivity index (χ0v) is 24.9. The van der Waals surface area contributed by atoms with Gasteiger partial charge in [-0.05, 0) is 37.1 Å². The molecule has 2 fully saturated rings. The van der Waals surface area contributed by atoms with Crippen molar-refractivity contribution in [1.82, 2.24) is 0 Å². The molecule has 43 heavy (non-hydrogen) atoms. The summed E-state index contributed by atoms with van der Waals surface area (Å²) < 4.78 is 33.3. The summed E-state index contributed by atoms with van der Waals surface area (Å²) in [6.45, 7) is 5.89. The van der Waals surface area contributed by atoms with Crippen molar-refractivity contribution in [2.75, 3.05) is 20.3 Å². The van der Waals surface area contributed by atoms with Gasteiger partial charge in [0.15, 0.2) is 11.9 Å². The summed E-state index contributed by atoms with van der Waals surface area (Å²) in [5, 5.41) is 21.5. The molecule has 3 aromatic rings. The number of likely N-dealkylation sites (N-methyl/N-ethyl adjacent to an activating group) is 1. The van der Waals surface area contributed by atoms with Gasteiger partial charge in [0.2, 0.25) is 6.23 Å². The first-order valence-electron chi connectivity index (χ1n) is 14.6. The molecule has 2 saturated heterocycles. The van der Waals surface area contributed by atoms with Crippen molar-refractivity contribution in [2.24, 2.45) is 0 Å². The van der Waals surface area contributed by atoms with Crippen molar-refractivity contribution in [1.29, 1.82) is 5.41 Å². The van der Waals surface area contributed by atoms with Crippen LogP contribution in [-0.2, 0) is 29.3 Å². The van der Waals surface area contributed by atoms with Crippen LogP contribution in [0.2, 0.25) is 0 Å². The largest absolute Gasteiger partial charge is 0.609 e. The number of rotatable bonds is 9. The number of hydrogen-bond acceptors (Lipinski definition) is 7. The zero-order valence-electron chi connectivity index (χ0n) is 24.9. The van der Waals surface area contributed by atoms with E-state index in [1.54, 1.807) is 24.9 Å². The Kier molecular flexibility index (Phi) is 7.93. The van der Waals surface area contributed by atoms with E-state index in [0.29, 0.717) is 4.90 Å². The number of fused-ring (bicyclic) bond motifs is 1. The van der Waals surface area contributed by atoms with Gasteiger partial charge in [0, 0.05) is 0 Å². The maximum atomic E-state index is 12.6. The quantitative estimate of drug-likeness (QED) is 0.228. The molecule has 0 bridgehead atoms. The highest BCUT2D eigenvalue weighted by atomic mass is 16.8. The monoisotopic (exact) mass is 584 g/mol. The molecule has 0 aliphatic carbocycles. The highest BCUT2D eigenvalue weighted by molar-refractivity contribution is 5.92.